The fraction of sp³-hybridized carbons (Fsp3) is 0.226. The first-order chi connectivity index (χ1) is 19.8. The van der Waals surface area contributed by atoms with E-state index in [1.165, 1.54) is 18.2 Å². The van der Waals surface area contributed by atoms with Crippen LogP contribution < -0.4 is 15.1 Å². The molecule has 0 aliphatic carbocycles. The Morgan fingerprint density at radius 3 is 2.37 bits per heavy atom. The van der Waals surface area contributed by atoms with Crippen LogP contribution in [-0.2, 0) is 19.1 Å². The molecule has 10 heteroatoms. The Morgan fingerprint density at radius 1 is 0.927 bits per heavy atom. The third kappa shape index (κ3) is 5.60. The zero-order chi connectivity index (χ0) is 28.6. The van der Waals surface area contributed by atoms with Crippen molar-refractivity contribution in [3.05, 3.63) is 119 Å². The first-order valence-electron chi connectivity index (χ1n) is 13.3. The van der Waals surface area contributed by atoms with E-state index in [-0.39, 0.29) is 12.4 Å². The highest BCUT2D eigenvalue weighted by molar-refractivity contribution is 6.08. The fourth-order valence-electron chi connectivity index (χ4n) is 5.15. The van der Waals surface area contributed by atoms with Crippen molar-refractivity contribution >= 4 is 22.5 Å². The zero-order valence-electron chi connectivity index (χ0n) is 22.1. The maximum atomic E-state index is 15.5. The van der Waals surface area contributed by atoms with Gasteiger partial charge in [-0.3, -0.25) is 0 Å². The molecule has 210 valence electrons. The zero-order valence-corrected chi connectivity index (χ0v) is 22.1. The molecular formula is C31H27F4N5O. The normalized spacial score (nSPS) is 15.6. The summed E-state index contributed by atoms with van der Waals surface area (Å²) in [7, 11) is 0. The summed E-state index contributed by atoms with van der Waals surface area (Å²) in [5.74, 6) is 0.344. The van der Waals surface area contributed by atoms with Gasteiger partial charge < -0.3 is 19.6 Å². The number of benzene rings is 3. The Hall–Kier alpha value is -4.44. The molecule has 3 aromatic carbocycles. The third-order valence-corrected chi connectivity index (χ3v) is 7.31. The smallest absolute Gasteiger partial charge is 0.367 e. The van der Waals surface area contributed by atoms with Gasteiger partial charge in [0.1, 0.15) is 5.82 Å². The molecule has 6 rings (SSSR count). The number of halogens is 4. The summed E-state index contributed by atoms with van der Waals surface area (Å²) in [6, 6.07) is 18.0. The largest absolute Gasteiger partial charge is 0.416 e. The summed E-state index contributed by atoms with van der Waals surface area (Å²) in [5, 5.41) is 7.45. The first kappa shape index (κ1) is 26.8. The molecule has 0 unspecified atom stereocenters. The van der Waals surface area contributed by atoms with E-state index in [2.05, 4.69) is 22.0 Å². The predicted molar refractivity (Wildman–Crippen MR) is 150 cm³/mol. The van der Waals surface area contributed by atoms with E-state index in [1.807, 2.05) is 40.1 Å². The molecule has 0 atom stereocenters. The van der Waals surface area contributed by atoms with E-state index in [9.17, 15) is 13.2 Å². The molecule has 2 aliphatic rings. The van der Waals surface area contributed by atoms with Gasteiger partial charge in [-0.2, -0.15) is 18.2 Å². The van der Waals surface area contributed by atoms with Gasteiger partial charge in [0.05, 0.1) is 23.4 Å². The van der Waals surface area contributed by atoms with Crippen molar-refractivity contribution < 1.29 is 22.1 Å². The monoisotopic (exact) mass is 561 g/mol. The standard InChI is InChI=1S/C31H27F4N5O/c1-20-24-16-26(32)28(39-13-11-36-12-14-39)17-27(24)40(18-22-7-9-23(10-8-22)31(33,34)35)19-25(20)30-37-29(41-38-30)15-21-5-3-2-4-6-21/h2-10,16-17,19,36H,1,11-15,18H2. The topological polar surface area (TPSA) is 57.4 Å². The number of alkyl halides is 3. The van der Waals surface area contributed by atoms with Crippen LogP contribution in [0.5, 0.6) is 0 Å². The lowest BCUT2D eigenvalue weighted by molar-refractivity contribution is -0.137. The van der Waals surface area contributed by atoms with Crippen LogP contribution in [-0.4, -0.2) is 36.3 Å². The number of hydrogen-bond donors (Lipinski definition) is 1. The van der Waals surface area contributed by atoms with E-state index in [1.54, 1.807) is 12.3 Å². The van der Waals surface area contributed by atoms with Crippen molar-refractivity contribution in [2.75, 3.05) is 36.0 Å². The second-order valence-corrected chi connectivity index (χ2v) is 10.1. The van der Waals surface area contributed by atoms with Crippen molar-refractivity contribution in [1.82, 2.24) is 15.5 Å². The van der Waals surface area contributed by atoms with Crippen molar-refractivity contribution in [3.63, 3.8) is 0 Å². The first-order valence-corrected chi connectivity index (χ1v) is 13.3. The highest BCUT2D eigenvalue weighted by Gasteiger charge is 2.31. The van der Waals surface area contributed by atoms with Crippen molar-refractivity contribution in [1.29, 1.82) is 0 Å². The lowest BCUT2D eigenvalue weighted by Gasteiger charge is -2.34. The lowest BCUT2D eigenvalue weighted by Crippen LogP contribution is -2.44. The van der Waals surface area contributed by atoms with E-state index >= 15 is 4.39 Å². The highest BCUT2D eigenvalue weighted by atomic mass is 19.4. The minimum Gasteiger partial charge on any atom is -0.367 e. The van der Waals surface area contributed by atoms with Crippen LogP contribution in [0.4, 0.5) is 28.9 Å². The summed E-state index contributed by atoms with van der Waals surface area (Å²) in [6.07, 6.45) is -2.17. The quantitative estimate of drug-likeness (QED) is 0.279. The van der Waals surface area contributed by atoms with Crippen LogP contribution in [0.3, 0.4) is 0 Å². The molecule has 0 amide bonds. The molecule has 1 saturated heterocycles. The van der Waals surface area contributed by atoms with Crippen molar-refractivity contribution in [2.24, 2.45) is 0 Å². The van der Waals surface area contributed by atoms with E-state index in [0.29, 0.717) is 64.9 Å². The van der Waals surface area contributed by atoms with Gasteiger partial charge in [-0.1, -0.05) is 54.2 Å². The van der Waals surface area contributed by atoms with Crippen LogP contribution in [0.15, 0.2) is 84.0 Å². The Morgan fingerprint density at radius 2 is 1.66 bits per heavy atom. The average molecular weight is 562 g/mol. The van der Waals surface area contributed by atoms with Crippen LogP contribution in [0.25, 0.3) is 11.1 Å². The number of fused-ring (bicyclic) bond motifs is 1. The number of hydrogen-bond acceptors (Lipinski definition) is 6. The Balaban J connectivity index is 1.37. The molecule has 0 spiro atoms. The molecule has 1 fully saturated rings. The lowest BCUT2D eigenvalue weighted by atomic mass is 9.93. The fourth-order valence-corrected chi connectivity index (χ4v) is 5.15. The van der Waals surface area contributed by atoms with Crippen LogP contribution in [0.1, 0.15) is 34.0 Å². The highest BCUT2D eigenvalue weighted by Crippen LogP contribution is 2.43. The second kappa shape index (κ2) is 10.9. The molecule has 6 nitrogen and oxygen atoms in total. The number of allylic oxidation sites excluding steroid dienone is 2. The Bertz CT molecular complexity index is 1590. The molecule has 2 aliphatic heterocycles. The van der Waals surface area contributed by atoms with Gasteiger partial charge in [-0.15, -0.1) is 0 Å². The number of nitrogens with zero attached hydrogens (tertiary/aromatic N) is 4. The van der Waals surface area contributed by atoms with Gasteiger partial charge in [0.15, 0.2) is 0 Å². The van der Waals surface area contributed by atoms with E-state index < -0.39 is 11.7 Å². The van der Waals surface area contributed by atoms with E-state index in [0.717, 1.165) is 30.8 Å². The summed E-state index contributed by atoms with van der Waals surface area (Å²) in [6.45, 7) is 7.27. The number of nitrogens with one attached hydrogen (secondary N) is 1. The van der Waals surface area contributed by atoms with Gasteiger partial charge in [0.25, 0.3) is 0 Å². The maximum absolute atomic E-state index is 15.5. The van der Waals surface area contributed by atoms with Crippen molar-refractivity contribution in [2.45, 2.75) is 19.1 Å². The molecule has 3 heterocycles. The maximum Gasteiger partial charge on any atom is 0.416 e. The molecular weight excluding hydrogens is 534 g/mol. The Labute approximate surface area is 234 Å². The predicted octanol–water partition coefficient (Wildman–Crippen LogP) is 6.30. The number of piperazine rings is 1. The second-order valence-electron chi connectivity index (χ2n) is 10.1. The van der Waals surface area contributed by atoms with E-state index in [4.69, 9.17) is 4.52 Å². The van der Waals surface area contributed by atoms with Crippen LogP contribution in [0.2, 0.25) is 0 Å². The third-order valence-electron chi connectivity index (χ3n) is 7.31. The van der Waals surface area contributed by atoms with Gasteiger partial charge in [0.2, 0.25) is 11.7 Å². The van der Waals surface area contributed by atoms with Crippen LogP contribution >= 0.6 is 0 Å². The molecule has 0 radical (unpaired) electrons. The van der Waals surface area contributed by atoms with Gasteiger partial charge >= 0.3 is 6.18 Å². The summed E-state index contributed by atoms with van der Waals surface area (Å²) in [4.78, 5) is 8.44. The van der Waals surface area contributed by atoms with Crippen LogP contribution in [0, 0.1) is 5.82 Å². The van der Waals surface area contributed by atoms with Gasteiger partial charge in [-0.05, 0) is 41.0 Å². The summed E-state index contributed by atoms with van der Waals surface area (Å²) in [5.41, 5.74) is 3.74. The van der Waals surface area contributed by atoms with Gasteiger partial charge in [0, 0.05) is 50.1 Å². The molecule has 1 aromatic heterocycles. The number of aromatic nitrogens is 2. The molecule has 41 heavy (non-hydrogen) atoms. The molecule has 0 bridgehead atoms. The number of rotatable bonds is 6. The minimum atomic E-state index is -4.42. The van der Waals surface area contributed by atoms with Crippen molar-refractivity contribution in [3.8, 4) is 0 Å². The minimum absolute atomic E-state index is 0.239. The molecule has 4 aromatic rings. The molecule has 1 N–H and O–H groups in total. The SMILES string of the molecule is C=C1C(c2noc(Cc3ccccc3)n2)=CN(Cc2ccc(C(F)(F)F)cc2)c2cc(N3CCNCC3)c(F)cc21. The average Bonchev–Trinajstić information content (AvgIpc) is 3.43. The van der Waals surface area contributed by atoms with Gasteiger partial charge in [-0.25, -0.2) is 4.39 Å². The molecule has 0 saturated carbocycles. The number of anilines is 2. The summed E-state index contributed by atoms with van der Waals surface area (Å²) >= 11 is 0. The Kier molecular flexibility index (Phi) is 7.08. The summed E-state index contributed by atoms with van der Waals surface area (Å²) < 4.78 is 60.5.